The van der Waals surface area contributed by atoms with Crippen LogP contribution in [0.4, 0.5) is 0 Å². The maximum absolute atomic E-state index is 11.5. The molecular formula is C13H17BrO4S. The second kappa shape index (κ2) is 6.52. The normalized spacial score (nSPS) is 14.2. The van der Waals surface area contributed by atoms with Crippen LogP contribution in [0.15, 0.2) is 18.2 Å². The minimum absolute atomic E-state index is 0.0866. The van der Waals surface area contributed by atoms with Crippen LogP contribution in [-0.2, 0) is 25.5 Å². The summed E-state index contributed by atoms with van der Waals surface area (Å²) >= 11 is 3.60. The average Bonchev–Trinajstić information content (AvgIpc) is 2.36. The number of hydrogen-bond donors (Lipinski definition) is 1. The number of thiol groups is 1. The van der Waals surface area contributed by atoms with Gasteiger partial charge in [0.1, 0.15) is 10.7 Å². The lowest BCUT2D eigenvalue weighted by Gasteiger charge is -2.24. The van der Waals surface area contributed by atoms with Gasteiger partial charge in [-0.25, -0.2) is 13.2 Å². The van der Waals surface area contributed by atoms with Crippen molar-refractivity contribution in [3.63, 3.8) is 0 Å². The van der Waals surface area contributed by atoms with Crippen molar-refractivity contribution < 1.29 is 17.9 Å². The molecule has 1 aromatic rings. The smallest absolute Gasteiger partial charge is 0.337 e. The molecule has 0 aliphatic rings. The van der Waals surface area contributed by atoms with Crippen molar-refractivity contribution in [2.24, 2.45) is 0 Å². The first-order valence-electron chi connectivity index (χ1n) is 5.84. The van der Waals surface area contributed by atoms with Gasteiger partial charge in [-0.3, -0.25) is 0 Å². The molecule has 0 aromatic heterocycles. The van der Waals surface area contributed by atoms with Crippen molar-refractivity contribution in [2.45, 2.75) is 30.3 Å². The van der Waals surface area contributed by atoms with Crippen molar-refractivity contribution in [2.75, 3.05) is 7.11 Å². The Morgan fingerprint density at radius 2 is 2.05 bits per heavy atom. The van der Waals surface area contributed by atoms with Crippen molar-refractivity contribution in [3.05, 3.63) is 34.9 Å². The number of benzene rings is 1. The molecule has 1 atom stereocenters. The summed E-state index contributed by atoms with van der Waals surface area (Å²) in [6, 6.07) is 5.01. The number of methoxy groups -OCH3 is 1. The first-order chi connectivity index (χ1) is 8.81. The number of carbonyl (C=O) groups excluding carboxylic acids is 1. The second-order valence-electron chi connectivity index (χ2n) is 4.41. The second-order valence-corrected chi connectivity index (χ2v) is 7.14. The molecule has 0 saturated heterocycles. The molecule has 4 nitrogen and oxygen atoms in total. The summed E-state index contributed by atoms with van der Waals surface area (Å²) < 4.78 is 26.3. The third kappa shape index (κ3) is 4.04. The van der Waals surface area contributed by atoms with E-state index in [1.165, 1.54) is 7.11 Å². The minimum Gasteiger partial charge on any atom is -0.465 e. The van der Waals surface area contributed by atoms with Crippen LogP contribution in [0.25, 0.3) is 0 Å². The maximum atomic E-state index is 11.5. The first kappa shape index (κ1) is 16.2. The number of carbonyl (C=O) groups is 1. The zero-order valence-electron chi connectivity index (χ0n) is 11.1. The van der Waals surface area contributed by atoms with Crippen molar-refractivity contribution in [1.29, 1.82) is 0 Å². The SMILES string of the molecule is CCC(C)(Br)c1ccc(C(=O)OC)cc1C[SH](=O)=O. The fourth-order valence-corrected chi connectivity index (χ4v) is 2.73. The Morgan fingerprint density at radius 3 is 2.53 bits per heavy atom. The van der Waals surface area contributed by atoms with E-state index in [2.05, 4.69) is 20.7 Å². The van der Waals surface area contributed by atoms with Gasteiger partial charge in [0.05, 0.1) is 18.4 Å². The standard InChI is InChI=1S/C13H17BrO4S/c1-4-13(2,14)11-6-5-9(12(15)18-3)7-10(11)8-19(16)17/h5-7,19H,4,8H2,1-3H3. The van der Waals surface area contributed by atoms with E-state index < -0.39 is 16.7 Å². The molecule has 0 saturated carbocycles. The maximum Gasteiger partial charge on any atom is 0.337 e. The largest absolute Gasteiger partial charge is 0.465 e. The van der Waals surface area contributed by atoms with Gasteiger partial charge in [-0.05, 0) is 36.6 Å². The van der Waals surface area contributed by atoms with E-state index in [1.54, 1.807) is 18.2 Å². The number of ether oxygens (including phenoxy) is 1. The predicted octanol–water partition coefficient (Wildman–Crippen LogP) is 2.60. The molecule has 0 aliphatic heterocycles. The number of rotatable bonds is 5. The summed E-state index contributed by atoms with van der Waals surface area (Å²) in [4.78, 5) is 11.5. The molecule has 0 heterocycles. The Kier molecular flexibility index (Phi) is 5.55. The molecule has 0 aliphatic carbocycles. The Morgan fingerprint density at radius 1 is 1.42 bits per heavy atom. The highest BCUT2D eigenvalue weighted by atomic mass is 79.9. The Bertz CT molecular complexity index is 542. The first-order valence-corrected chi connectivity index (χ1v) is 7.99. The van der Waals surface area contributed by atoms with E-state index in [-0.39, 0.29) is 10.1 Å². The molecule has 106 valence electrons. The molecular weight excluding hydrogens is 332 g/mol. The van der Waals surface area contributed by atoms with Gasteiger partial charge >= 0.3 is 5.97 Å². The monoisotopic (exact) mass is 348 g/mol. The lowest BCUT2D eigenvalue weighted by molar-refractivity contribution is 0.0600. The fourth-order valence-electron chi connectivity index (χ4n) is 1.81. The van der Waals surface area contributed by atoms with E-state index in [9.17, 15) is 13.2 Å². The Labute approximate surface area is 123 Å². The van der Waals surface area contributed by atoms with Gasteiger partial charge in [-0.1, -0.05) is 28.9 Å². The molecule has 0 radical (unpaired) electrons. The van der Waals surface area contributed by atoms with Crippen LogP contribution in [0.3, 0.4) is 0 Å². The Balaban J connectivity index is 3.36. The van der Waals surface area contributed by atoms with Crippen LogP contribution >= 0.6 is 15.9 Å². The van der Waals surface area contributed by atoms with E-state index in [4.69, 9.17) is 0 Å². The number of esters is 1. The van der Waals surface area contributed by atoms with Gasteiger partial charge in [0, 0.05) is 4.32 Å². The number of hydrogen-bond acceptors (Lipinski definition) is 4. The third-order valence-corrected chi connectivity index (χ3v) is 4.64. The molecule has 0 spiro atoms. The van der Waals surface area contributed by atoms with Crippen molar-refractivity contribution in [3.8, 4) is 0 Å². The molecule has 1 aromatic carbocycles. The highest BCUT2D eigenvalue weighted by Gasteiger charge is 2.24. The molecule has 19 heavy (non-hydrogen) atoms. The summed E-state index contributed by atoms with van der Waals surface area (Å²) in [5, 5.41) is 0. The van der Waals surface area contributed by atoms with E-state index in [1.807, 2.05) is 13.8 Å². The molecule has 1 rings (SSSR count). The zero-order valence-corrected chi connectivity index (χ0v) is 13.6. The quantitative estimate of drug-likeness (QED) is 0.504. The molecule has 1 unspecified atom stereocenters. The fraction of sp³-hybridized carbons (Fsp3) is 0.462. The molecule has 0 N–H and O–H groups in total. The van der Waals surface area contributed by atoms with Gasteiger partial charge in [-0.2, -0.15) is 0 Å². The van der Waals surface area contributed by atoms with Gasteiger partial charge in [0.2, 0.25) is 0 Å². The van der Waals surface area contributed by atoms with Crippen LogP contribution in [0, 0.1) is 0 Å². The van der Waals surface area contributed by atoms with Gasteiger partial charge in [-0.15, -0.1) is 0 Å². The minimum atomic E-state index is -2.55. The van der Waals surface area contributed by atoms with Crippen LogP contribution in [0.1, 0.15) is 41.8 Å². The highest BCUT2D eigenvalue weighted by molar-refractivity contribution is 9.09. The summed E-state index contributed by atoms with van der Waals surface area (Å²) in [5.74, 6) is -0.557. The molecule has 6 heteroatoms. The van der Waals surface area contributed by atoms with Crippen LogP contribution in [0.5, 0.6) is 0 Å². The van der Waals surface area contributed by atoms with Gasteiger partial charge in [0.15, 0.2) is 0 Å². The number of halogens is 1. The molecule has 0 fully saturated rings. The summed E-state index contributed by atoms with van der Waals surface area (Å²) in [7, 11) is -1.26. The zero-order chi connectivity index (χ0) is 14.6. The number of alkyl halides is 1. The predicted molar refractivity (Wildman–Crippen MR) is 78.4 cm³/mol. The molecule has 0 amide bonds. The van der Waals surface area contributed by atoms with Crippen LogP contribution in [0.2, 0.25) is 0 Å². The van der Waals surface area contributed by atoms with Gasteiger partial charge in [0.25, 0.3) is 0 Å². The highest BCUT2D eigenvalue weighted by Crippen LogP contribution is 2.37. The third-order valence-electron chi connectivity index (χ3n) is 3.05. The van der Waals surface area contributed by atoms with E-state index >= 15 is 0 Å². The van der Waals surface area contributed by atoms with Crippen molar-refractivity contribution in [1.82, 2.24) is 0 Å². The summed E-state index contributed by atoms with van der Waals surface area (Å²) in [5.41, 5.74) is 1.86. The van der Waals surface area contributed by atoms with E-state index in [0.717, 1.165) is 12.0 Å². The lowest BCUT2D eigenvalue weighted by Crippen LogP contribution is -2.15. The van der Waals surface area contributed by atoms with Crippen LogP contribution < -0.4 is 0 Å². The topological polar surface area (TPSA) is 60.4 Å². The van der Waals surface area contributed by atoms with E-state index in [0.29, 0.717) is 11.1 Å². The van der Waals surface area contributed by atoms with Crippen molar-refractivity contribution >= 4 is 32.6 Å². The molecule has 0 bridgehead atoms. The Hall–Kier alpha value is -0.880. The summed E-state index contributed by atoms with van der Waals surface area (Å²) in [6.07, 6.45) is 0.799. The summed E-state index contributed by atoms with van der Waals surface area (Å²) in [6.45, 7) is 3.98. The van der Waals surface area contributed by atoms with Crippen LogP contribution in [-0.4, -0.2) is 21.5 Å². The van der Waals surface area contributed by atoms with Gasteiger partial charge < -0.3 is 4.74 Å². The lowest BCUT2D eigenvalue weighted by atomic mass is 9.92. The average molecular weight is 349 g/mol.